The predicted octanol–water partition coefficient (Wildman–Crippen LogP) is 3.20. The smallest absolute Gasteiger partial charge is 0.338 e. The van der Waals surface area contributed by atoms with Gasteiger partial charge in [-0.2, -0.15) is 0 Å². The van der Waals surface area contributed by atoms with E-state index in [0.29, 0.717) is 30.1 Å². The van der Waals surface area contributed by atoms with E-state index in [0.717, 1.165) is 12.1 Å². The fraction of sp³-hybridized carbons (Fsp3) is 0.481. The fourth-order valence-corrected chi connectivity index (χ4v) is 5.74. The maximum atomic E-state index is 13.5. The van der Waals surface area contributed by atoms with E-state index in [1.54, 1.807) is 13.8 Å². The molecule has 1 saturated carbocycles. The first-order valence-electron chi connectivity index (χ1n) is 12.8. The van der Waals surface area contributed by atoms with Gasteiger partial charge in [-0.05, 0) is 40.0 Å². The number of nitrogens with zero attached hydrogens (tertiary/aromatic N) is 2. The lowest BCUT2D eigenvalue weighted by molar-refractivity contribution is -0.394. The van der Waals surface area contributed by atoms with E-state index in [2.05, 4.69) is 0 Å². The molecule has 14 heteroatoms. The zero-order chi connectivity index (χ0) is 30.5. The number of carboxylic acids is 1. The summed E-state index contributed by atoms with van der Waals surface area (Å²) >= 11 is 0. The molecule has 3 aliphatic rings. The van der Waals surface area contributed by atoms with Crippen molar-refractivity contribution in [3.63, 3.8) is 0 Å². The predicted molar refractivity (Wildman–Crippen MR) is 138 cm³/mol. The Morgan fingerprint density at radius 2 is 1.63 bits per heavy atom. The Labute approximate surface area is 232 Å². The number of ether oxygens (including phenoxy) is 2. The number of fused-ring (bicyclic) bond motifs is 1. The lowest BCUT2D eigenvalue weighted by Crippen LogP contribution is -2.50. The van der Waals surface area contributed by atoms with E-state index in [-0.39, 0.29) is 24.8 Å². The third-order valence-electron chi connectivity index (χ3n) is 8.21. The summed E-state index contributed by atoms with van der Waals surface area (Å²) < 4.78 is 11.2. The number of aliphatic carboxylic acids is 1. The summed E-state index contributed by atoms with van der Waals surface area (Å²) in [6.07, 6.45) is 0.897. The summed E-state index contributed by atoms with van der Waals surface area (Å²) in [4.78, 5) is 70.7. The number of non-ortho nitro benzene ring substituents is 2. The standard InChI is InChI=1S/C27H28N2O12/c1-14-21-18(22(33)26(3,35)27(14)7-8-27)12-25(2,23(21)41-20(32)6-4-5-19(30)31)13-40-24(34)15-9-16(28(36)37)11-17(10-15)29(38)39/h9-12,23,35H,4-8,13H2,1-3H3,(H,30,31)/t23?,25-,26-/m0/s1. The molecule has 3 aliphatic carbocycles. The highest BCUT2D eigenvalue weighted by Crippen LogP contribution is 2.65. The molecular weight excluding hydrogens is 544 g/mol. The molecule has 0 bridgehead atoms. The average molecular weight is 573 g/mol. The van der Waals surface area contributed by atoms with Crippen LogP contribution in [0.15, 0.2) is 41.0 Å². The molecule has 218 valence electrons. The highest BCUT2D eigenvalue weighted by atomic mass is 16.6. The molecule has 0 aliphatic heterocycles. The SMILES string of the molecule is CC1=C2C(=C[C@@](C)(COC(=O)c3cc([N+](=O)[O-])cc([N+](=O)[O-])c3)C2OC(=O)CCCC(=O)O)C(=O)[C@](C)(O)C12CC2. The largest absolute Gasteiger partial charge is 0.481 e. The number of Topliss-reactive ketones (excluding diaryl/α,β-unsaturated/α-hetero) is 1. The molecular formula is C27H28N2O12. The number of aliphatic hydroxyl groups is 1. The lowest BCUT2D eigenvalue weighted by atomic mass is 9.67. The highest BCUT2D eigenvalue weighted by molar-refractivity contribution is 6.09. The summed E-state index contributed by atoms with van der Waals surface area (Å²) in [7, 11) is 0. The van der Waals surface area contributed by atoms with Crippen LogP contribution >= 0.6 is 0 Å². The van der Waals surface area contributed by atoms with Crippen LogP contribution in [0, 0.1) is 31.1 Å². The second kappa shape index (κ2) is 10.2. The Morgan fingerprint density at radius 1 is 1.05 bits per heavy atom. The molecule has 1 unspecified atom stereocenters. The van der Waals surface area contributed by atoms with Crippen LogP contribution in [0.1, 0.15) is 63.2 Å². The Hall–Kier alpha value is -4.46. The Morgan fingerprint density at radius 3 is 2.15 bits per heavy atom. The van der Waals surface area contributed by atoms with E-state index in [9.17, 15) is 44.5 Å². The number of hydrogen-bond acceptors (Lipinski definition) is 11. The van der Waals surface area contributed by atoms with Crippen molar-refractivity contribution >= 4 is 35.1 Å². The topological polar surface area (TPSA) is 213 Å². The number of esters is 2. The number of hydrogen-bond donors (Lipinski definition) is 2. The molecule has 0 saturated heterocycles. The molecule has 0 heterocycles. The molecule has 1 aromatic carbocycles. The van der Waals surface area contributed by atoms with Crippen molar-refractivity contribution in [3.8, 4) is 0 Å². The minimum atomic E-state index is -1.72. The third-order valence-corrected chi connectivity index (χ3v) is 8.21. The van der Waals surface area contributed by atoms with Gasteiger partial charge in [0.1, 0.15) is 18.3 Å². The van der Waals surface area contributed by atoms with Gasteiger partial charge in [0, 0.05) is 41.5 Å². The van der Waals surface area contributed by atoms with Gasteiger partial charge in [0.25, 0.3) is 11.4 Å². The van der Waals surface area contributed by atoms with Gasteiger partial charge in [-0.25, -0.2) is 4.79 Å². The van der Waals surface area contributed by atoms with E-state index in [4.69, 9.17) is 14.6 Å². The zero-order valence-corrected chi connectivity index (χ0v) is 22.5. The monoisotopic (exact) mass is 572 g/mol. The zero-order valence-electron chi connectivity index (χ0n) is 22.5. The van der Waals surface area contributed by atoms with Gasteiger partial charge in [0.2, 0.25) is 0 Å². The van der Waals surface area contributed by atoms with Gasteiger partial charge in [-0.1, -0.05) is 11.6 Å². The first kappa shape index (κ1) is 29.5. The Balaban J connectivity index is 1.67. The van der Waals surface area contributed by atoms with E-state index in [1.807, 2.05) is 0 Å². The van der Waals surface area contributed by atoms with Crippen LogP contribution in [0.2, 0.25) is 0 Å². The summed E-state index contributed by atoms with van der Waals surface area (Å²) in [5, 5.41) is 42.5. The summed E-state index contributed by atoms with van der Waals surface area (Å²) in [5.74, 6) is -3.53. The Kier molecular flexibility index (Phi) is 7.33. The number of carboxylic acid groups (broad SMARTS) is 1. The molecule has 4 rings (SSSR count). The van der Waals surface area contributed by atoms with Gasteiger partial charge in [-0.3, -0.25) is 34.6 Å². The van der Waals surface area contributed by atoms with E-state index >= 15 is 0 Å². The first-order chi connectivity index (χ1) is 19.0. The van der Waals surface area contributed by atoms with Gasteiger partial charge in [-0.15, -0.1) is 0 Å². The van der Waals surface area contributed by atoms with Crippen LogP contribution in [0.5, 0.6) is 0 Å². The maximum Gasteiger partial charge on any atom is 0.338 e. The minimum absolute atomic E-state index is 0.00798. The fourth-order valence-electron chi connectivity index (χ4n) is 5.74. The third kappa shape index (κ3) is 5.10. The van der Waals surface area contributed by atoms with Crippen molar-refractivity contribution in [2.24, 2.45) is 10.8 Å². The normalized spacial score (nSPS) is 25.8. The number of nitro benzene ring substituents is 2. The molecule has 14 nitrogen and oxygen atoms in total. The quantitative estimate of drug-likeness (QED) is 0.235. The van der Waals surface area contributed by atoms with Gasteiger partial charge in [0.15, 0.2) is 5.78 Å². The molecule has 2 N–H and O–H groups in total. The summed E-state index contributed by atoms with van der Waals surface area (Å²) in [6.45, 7) is 4.22. The first-order valence-corrected chi connectivity index (χ1v) is 12.8. The van der Waals surface area contributed by atoms with Crippen LogP contribution in [0.4, 0.5) is 11.4 Å². The van der Waals surface area contributed by atoms with Crippen LogP contribution in [-0.4, -0.2) is 62.1 Å². The number of ketones is 1. The lowest BCUT2D eigenvalue weighted by Gasteiger charge is -2.40. The van der Waals surface area contributed by atoms with Crippen molar-refractivity contribution in [1.29, 1.82) is 0 Å². The summed E-state index contributed by atoms with van der Waals surface area (Å²) in [5.41, 5.74) is -4.59. The molecule has 0 aromatic heterocycles. The minimum Gasteiger partial charge on any atom is -0.481 e. The highest BCUT2D eigenvalue weighted by Gasteiger charge is 2.67. The molecule has 1 fully saturated rings. The second-order valence-corrected chi connectivity index (χ2v) is 11.0. The van der Waals surface area contributed by atoms with Crippen molar-refractivity contribution in [1.82, 2.24) is 0 Å². The van der Waals surface area contributed by atoms with Gasteiger partial charge < -0.3 is 19.7 Å². The van der Waals surface area contributed by atoms with Crippen molar-refractivity contribution < 1.29 is 48.7 Å². The Bertz CT molecular complexity index is 1420. The number of rotatable bonds is 10. The maximum absolute atomic E-state index is 13.5. The van der Waals surface area contributed by atoms with Crippen LogP contribution < -0.4 is 0 Å². The molecule has 1 aromatic rings. The van der Waals surface area contributed by atoms with Crippen LogP contribution in [-0.2, 0) is 23.9 Å². The van der Waals surface area contributed by atoms with Crippen molar-refractivity contribution in [2.75, 3.05) is 6.61 Å². The van der Waals surface area contributed by atoms with Crippen molar-refractivity contribution in [2.45, 2.75) is 64.6 Å². The number of carbonyl (C=O) groups excluding carboxylic acids is 3. The summed E-state index contributed by atoms with van der Waals surface area (Å²) in [6, 6.07) is 2.36. The average Bonchev–Trinajstić information content (AvgIpc) is 3.66. The molecule has 41 heavy (non-hydrogen) atoms. The molecule has 0 amide bonds. The number of nitro groups is 2. The van der Waals surface area contributed by atoms with Crippen molar-refractivity contribution in [3.05, 3.63) is 66.8 Å². The van der Waals surface area contributed by atoms with Crippen LogP contribution in [0.3, 0.4) is 0 Å². The molecule has 3 atom stereocenters. The van der Waals surface area contributed by atoms with Crippen LogP contribution in [0.25, 0.3) is 0 Å². The van der Waals surface area contributed by atoms with Gasteiger partial charge in [0.05, 0.1) is 26.9 Å². The molecule has 0 radical (unpaired) electrons. The molecule has 1 spiro atoms. The van der Waals surface area contributed by atoms with Gasteiger partial charge >= 0.3 is 17.9 Å². The van der Waals surface area contributed by atoms with E-state index < -0.39 is 79.6 Å². The number of carbonyl (C=O) groups is 4. The van der Waals surface area contributed by atoms with E-state index in [1.165, 1.54) is 13.0 Å². The number of benzene rings is 1. The second-order valence-electron chi connectivity index (χ2n) is 11.0.